The molecule has 3 aromatic heterocycles. The monoisotopic (exact) mass is 343 g/mol. The van der Waals surface area contributed by atoms with Crippen molar-refractivity contribution in [3.63, 3.8) is 0 Å². The number of fused-ring (bicyclic) bond motifs is 1. The summed E-state index contributed by atoms with van der Waals surface area (Å²) in [6, 6.07) is 1.90. The molecule has 3 rings (SSSR count). The second kappa shape index (κ2) is 7.29. The van der Waals surface area contributed by atoms with E-state index < -0.39 is 0 Å². The van der Waals surface area contributed by atoms with Gasteiger partial charge in [-0.3, -0.25) is 9.48 Å². The number of carbonyl (C=O) groups excluding carboxylic acids is 1. The molecule has 0 fully saturated rings. The van der Waals surface area contributed by atoms with E-state index in [1.165, 1.54) is 18.1 Å². The number of aryl methyl sites for hydroxylation is 1. The lowest BCUT2D eigenvalue weighted by atomic mass is 10.1. The Labute approximate surface area is 145 Å². The van der Waals surface area contributed by atoms with Crippen LogP contribution < -0.4 is 5.32 Å². The van der Waals surface area contributed by atoms with E-state index in [1.807, 2.05) is 16.9 Å². The lowest BCUT2D eigenvalue weighted by Gasteiger charge is -2.05. The fourth-order valence-electron chi connectivity index (χ4n) is 2.36. The summed E-state index contributed by atoms with van der Waals surface area (Å²) >= 11 is 0. The van der Waals surface area contributed by atoms with Gasteiger partial charge in [-0.05, 0) is 12.3 Å². The zero-order chi connectivity index (χ0) is 17.8. The van der Waals surface area contributed by atoms with Gasteiger partial charge >= 0.3 is 5.97 Å². The van der Waals surface area contributed by atoms with Crippen LogP contribution in [0.5, 0.6) is 0 Å². The molecule has 25 heavy (non-hydrogen) atoms. The summed E-state index contributed by atoms with van der Waals surface area (Å²) in [6.07, 6.45) is 6.05. The molecule has 132 valence electrons. The van der Waals surface area contributed by atoms with Crippen molar-refractivity contribution in [3.05, 3.63) is 24.8 Å². The maximum absolute atomic E-state index is 11.5. The van der Waals surface area contributed by atoms with E-state index in [9.17, 15) is 4.79 Å². The van der Waals surface area contributed by atoms with Gasteiger partial charge in [-0.2, -0.15) is 10.2 Å². The van der Waals surface area contributed by atoms with Crippen molar-refractivity contribution in [3.8, 4) is 0 Å². The van der Waals surface area contributed by atoms with E-state index in [2.05, 4.69) is 44.1 Å². The Hall–Kier alpha value is -2.97. The average molecular weight is 343 g/mol. The van der Waals surface area contributed by atoms with Crippen molar-refractivity contribution in [2.24, 2.45) is 5.92 Å². The Bertz CT molecular complexity index is 868. The number of anilines is 2. The van der Waals surface area contributed by atoms with E-state index >= 15 is 0 Å². The number of ether oxygens (including phenoxy) is 1. The lowest BCUT2D eigenvalue weighted by Crippen LogP contribution is -2.13. The molecule has 0 radical (unpaired) electrons. The minimum Gasteiger partial charge on any atom is -0.468 e. The molecule has 0 amide bonds. The average Bonchev–Trinajstić information content (AvgIpc) is 3.21. The zero-order valence-electron chi connectivity index (χ0n) is 14.5. The standard InChI is InChI=1S/C16H21N7O2/c1-11(2)4-6-22-7-5-13(21-22)20-15-12-8-19-23(9-14(24)25-3)16(12)18-10-17-15/h5,7-8,10-11H,4,6,9H2,1-3H3,(H,17,18,20,21). The topological polar surface area (TPSA) is 99.8 Å². The summed E-state index contributed by atoms with van der Waals surface area (Å²) in [6.45, 7) is 5.24. The Morgan fingerprint density at radius 2 is 2.20 bits per heavy atom. The highest BCUT2D eigenvalue weighted by molar-refractivity contribution is 5.88. The molecule has 0 atom stereocenters. The first kappa shape index (κ1) is 16.9. The number of nitrogens with one attached hydrogen (secondary N) is 1. The summed E-state index contributed by atoms with van der Waals surface area (Å²) in [7, 11) is 1.34. The first-order valence-electron chi connectivity index (χ1n) is 8.10. The number of esters is 1. The van der Waals surface area contributed by atoms with E-state index in [4.69, 9.17) is 0 Å². The molecule has 9 heteroatoms. The Kier molecular flexibility index (Phi) is 4.92. The summed E-state index contributed by atoms with van der Waals surface area (Å²) in [5.41, 5.74) is 0.558. The van der Waals surface area contributed by atoms with Crippen LogP contribution in [0.3, 0.4) is 0 Å². The van der Waals surface area contributed by atoms with Crippen LogP contribution in [-0.2, 0) is 22.6 Å². The minimum absolute atomic E-state index is 0.000280. The van der Waals surface area contributed by atoms with Crippen molar-refractivity contribution >= 4 is 28.6 Å². The summed E-state index contributed by atoms with van der Waals surface area (Å²) in [5, 5.41) is 12.6. The molecular weight excluding hydrogens is 322 g/mol. The van der Waals surface area contributed by atoms with Crippen molar-refractivity contribution < 1.29 is 9.53 Å². The largest absolute Gasteiger partial charge is 0.468 e. The van der Waals surface area contributed by atoms with Gasteiger partial charge in [0.15, 0.2) is 11.5 Å². The zero-order valence-corrected chi connectivity index (χ0v) is 14.5. The van der Waals surface area contributed by atoms with Crippen LogP contribution in [0.25, 0.3) is 11.0 Å². The van der Waals surface area contributed by atoms with Gasteiger partial charge in [0.25, 0.3) is 0 Å². The maximum atomic E-state index is 11.5. The van der Waals surface area contributed by atoms with Gasteiger partial charge in [0.1, 0.15) is 18.7 Å². The Morgan fingerprint density at radius 3 is 2.96 bits per heavy atom. The molecule has 0 bridgehead atoms. The molecule has 0 unspecified atom stereocenters. The Balaban J connectivity index is 1.79. The van der Waals surface area contributed by atoms with E-state index in [-0.39, 0.29) is 12.5 Å². The number of methoxy groups -OCH3 is 1. The number of carbonyl (C=O) groups is 1. The molecular formula is C16H21N7O2. The molecule has 0 aromatic carbocycles. The molecule has 3 heterocycles. The summed E-state index contributed by atoms with van der Waals surface area (Å²) in [4.78, 5) is 19.9. The third kappa shape index (κ3) is 3.93. The molecule has 1 N–H and O–H groups in total. The fourth-order valence-corrected chi connectivity index (χ4v) is 2.36. The summed E-state index contributed by atoms with van der Waals surface area (Å²) < 4.78 is 8.05. The minimum atomic E-state index is -0.387. The van der Waals surface area contributed by atoms with Crippen LogP contribution in [0.2, 0.25) is 0 Å². The molecule has 3 aromatic rings. The molecule has 0 spiro atoms. The predicted molar refractivity (Wildman–Crippen MR) is 92.3 cm³/mol. The van der Waals surface area contributed by atoms with Gasteiger partial charge in [-0.15, -0.1) is 0 Å². The molecule has 0 saturated heterocycles. The highest BCUT2D eigenvalue weighted by Gasteiger charge is 2.13. The number of rotatable bonds is 7. The summed E-state index contributed by atoms with van der Waals surface area (Å²) in [5.74, 6) is 1.53. The van der Waals surface area contributed by atoms with Gasteiger partial charge in [-0.25, -0.2) is 14.6 Å². The normalized spacial score (nSPS) is 11.2. The van der Waals surface area contributed by atoms with Gasteiger partial charge in [0.2, 0.25) is 0 Å². The van der Waals surface area contributed by atoms with E-state index in [1.54, 1.807) is 6.20 Å². The van der Waals surface area contributed by atoms with Crippen LogP contribution in [-0.4, -0.2) is 42.6 Å². The third-order valence-corrected chi connectivity index (χ3v) is 3.76. The van der Waals surface area contributed by atoms with Crippen LogP contribution >= 0.6 is 0 Å². The fraction of sp³-hybridized carbons (Fsp3) is 0.438. The van der Waals surface area contributed by atoms with E-state index in [0.29, 0.717) is 28.6 Å². The molecule has 0 aliphatic rings. The van der Waals surface area contributed by atoms with Gasteiger partial charge in [0, 0.05) is 18.8 Å². The van der Waals surface area contributed by atoms with Crippen LogP contribution in [0.4, 0.5) is 11.6 Å². The van der Waals surface area contributed by atoms with Crippen molar-refractivity contribution in [2.75, 3.05) is 12.4 Å². The number of nitrogens with zero attached hydrogens (tertiary/aromatic N) is 6. The third-order valence-electron chi connectivity index (χ3n) is 3.76. The van der Waals surface area contributed by atoms with Crippen molar-refractivity contribution in [2.45, 2.75) is 33.4 Å². The van der Waals surface area contributed by atoms with Gasteiger partial charge in [0.05, 0.1) is 18.7 Å². The first-order chi connectivity index (χ1) is 12.1. The molecule has 0 aliphatic heterocycles. The molecule has 0 aliphatic carbocycles. The van der Waals surface area contributed by atoms with Gasteiger partial charge in [-0.1, -0.05) is 13.8 Å². The highest BCUT2D eigenvalue weighted by atomic mass is 16.5. The Morgan fingerprint density at radius 1 is 1.36 bits per heavy atom. The van der Waals surface area contributed by atoms with Crippen LogP contribution in [0.1, 0.15) is 20.3 Å². The predicted octanol–water partition coefficient (Wildman–Crippen LogP) is 1.99. The quantitative estimate of drug-likeness (QED) is 0.655. The number of hydrogen-bond acceptors (Lipinski definition) is 7. The van der Waals surface area contributed by atoms with Gasteiger partial charge < -0.3 is 10.1 Å². The van der Waals surface area contributed by atoms with Crippen molar-refractivity contribution in [1.29, 1.82) is 0 Å². The molecule has 9 nitrogen and oxygen atoms in total. The van der Waals surface area contributed by atoms with E-state index in [0.717, 1.165) is 13.0 Å². The van der Waals surface area contributed by atoms with Crippen molar-refractivity contribution in [1.82, 2.24) is 29.5 Å². The highest BCUT2D eigenvalue weighted by Crippen LogP contribution is 2.21. The number of hydrogen-bond donors (Lipinski definition) is 1. The second-order valence-electron chi connectivity index (χ2n) is 6.11. The first-order valence-corrected chi connectivity index (χ1v) is 8.10. The number of aromatic nitrogens is 6. The SMILES string of the molecule is COC(=O)Cn1ncc2c(Nc3ccn(CCC(C)C)n3)ncnc21. The van der Waals surface area contributed by atoms with Crippen LogP contribution in [0, 0.1) is 5.92 Å². The smallest absolute Gasteiger partial charge is 0.327 e. The lowest BCUT2D eigenvalue weighted by molar-refractivity contribution is -0.141. The second-order valence-corrected chi connectivity index (χ2v) is 6.11. The van der Waals surface area contributed by atoms with Crippen LogP contribution in [0.15, 0.2) is 24.8 Å². The maximum Gasteiger partial charge on any atom is 0.327 e. The molecule has 0 saturated carbocycles.